The van der Waals surface area contributed by atoms with Crippen LogP contribution in [0.25, 0.3) is 10.6 Å². The van der Waals surface area contributed by atoms with Gasteiger partial charge in [-0.2, -0.15) is 5.10 Å². The number of amides is 1. The van der Waals surface area contributed by atoms with Crippen LogP contribution in [0.4, 0.5) is 0 Å². The van der Waals surface area contributed by atoms with E-state index < -0.39 is 0 Å². The molecule has 0 aliphatic heterocycles. The molecular formula is C22H24N4O4S. The number of benzene rings is 1. The van der Waals surface area contributed by atoms with Gasteiger partial charge in [0.1, 0.15) is 11.6 Å². The number of hydrogen-bond donors (Lipinski definition) is 1. The van der Waals surface area contributed by atoms with E-state index in [2.05, 4.69) is 15.4 Å². The van der Waals surface area contributed by atoms with Crippen molar-refractivity contribution in [2.45, 2.75) is 31.7 Å². The lowest BCUT2D eigenvalue weighted by Crippen LogP contribution is -2.34. The molecule has 1 amide bonds. The molecule has 162 valence electrons. The molecule has 3 aromatic rings. The van der Waals surface area contributed by atoms with Gasteiger partial charge in [0.15, 0.2) is 11.5 Å². The molecule has 1 aromatic carbocycles. The number of hydrogen-bond acceptors (Lipinski definition) is 7. The molecule has 4 rings (SSSR count). The van der Waals surface area contributed by atoms with Crippen LogP contribution in [0.5, 0.6) is 11.5 Å². The van der Waals surface area contributed by atoms with Crippen LogP contribution in [0.3, 0.4) is 0 Å². The molecule has 1 fully saturated rings. The number of thiazole rings is 1. The standard InChI is InChI=1S/C22H24N4O4S/c1-29-18-7-5-15(11-19(18)30-2)22-24-16(13-31-22)9-10-23-20(27)12-26-21(28)8-6-17(25-26)14-3-4-14/h5-8,11,13-14H,3-4,9-10,12H2,1-2H3,(H,23,27). The molecule has 1 aliphatic rings. The third-order valence-corrected chi connectivity index (χ3v) is 6.00. The van der Waals surface area contributed by atoms with Gasteiger partial charge in [0.05, 0.1) is 25.6 Å². The molecule has 9 heteroatoms. The van der Waals surface area contributed by atoms with Gasteiger partial charge < -0.3 is 14.8 Å². The van der Waals surface area contributed by atoms with Gasteiger partial charge in [0.25, 0.3) is 5.56 Å². The lowest BCUT2D eigenvalue weighted by molar-refractivity contribution is -0.121. The molecule has 0 atom stereocenters. The summed E-state index contributed by atoms with van der Waals surface area (Å²) in [5, 5.41) is 10.0. The second-order valence-electron chi connectivity index (χ2n) is 7.34. The van der Waals surface area contributed by atoms with E-state index in [4.69, 9.17) is 9.47 Å². The normalized spacial score (nSPS) is 13.1. The Morgan fingerprint density at radius 3 is 2.74 bits per heavy atom. The summed E-state index contributed by atoms with van der Waals surface area (Å²) in [6.07, 6.45) is 2.78. The predicted octanol–water partition coefficient (Wildman–Crippen LogP) is 2.62. The highest BCUT2D eigenvalue weighted by Gasteiger charge is 2.25. The summed E-state index contributed by atoms with van der Waals surface area (Å²) in [5.74, 6) is 1.51. The zero-order chi connectivity index (χ0) is 21.8. The number of ether oxygens (including phenoxy) is 2. The molecule has 2 heterocycles. The van der Waals surface area contributed by atoms with Crippen molar-refractivity contribution in [2.75, 3.05) is 20.8 Å². The van der Waals surface area contributed by atoms with Crippen LogP contribution in [0, 0.1) is 0 Å². The fourth-order valence-corrected chi connectivity index (χ4v) is 4.07. The summed E-state index contributed by atoms with van der Waals surface area (Å²) in [6.45, 7) is 0.359. The summed E-state index contributed by atoms with van der Waals surface area (Å²) in [6, 6.07) is 8.92. The predicted molar refractivity (Wildman–Crippen MR) is 118 cm³/mol. The smallest absolute Gasteiger partial charge is 0.267 e. The molecule has 0 radical (unpaired) electrons. The van der Waals surface area contributed by atoms with Crippen molar-refractivity contribution < 1.29 is 14.3 Å². The highest BCUT2D eigenvalue weighted by molar-refractivity contribution is 7.13. The first-order chi connectivity index (χ1) is 15.1. The maximum atomic E-state index is 12.3. The minimum absolute atomic E-state index is 0.0760. The van der Waals surface area contributed by atoms with Crippen LogP contribution in [-0.2, 0) is 17.8 Å². The number of nitrogens with zero attached hydrogens (tertiary/aromatic N) is 3. The van der Waals surface area contributed by atoms with E-state index in [1.807, 2.05) is 23.6 Å². The maximum Gasteiger partial charge on any atom is 0.267 e. The number of nitrogens with one attached hydrogen (secondary N) is 1. The van der Waals surface area contributed by atoms with Gasteiger partial charge in [-0.25, -0.2) is 9.67 Å². The highest BCUT2D eigenvalue weighted by Crippen LogP contribution is 2.38. The second-order valence-corrected chi connectivity index (χ2v) is 8.20. The largest absolute Gasteiger partial charge is 0.493 e. The van der Waals surface area contributed by atoms with Crippen LogP contribution in [-0.4, -0.2) is 41.4 Å². The lowest BCUT2D eigenvalue weighted by Gasteiger charge is -2.08. The third-order valence-electron chi connectivity index (χ3n) is 5.06. The first kappa shape index (κ1) is 21.0. The van der Waals surface area contributed by atoms with Crippen LogP contribution < -0.4 is 20.3 Å². The number of carbonyl (C=O) groups excluding carboxylic acids is 1. The SMILES string of the molecule is COc1ccc(-c2nc(CCNC(=O)Cn3nc(C4CC4)ccc3=O)cs2)cc1OC. The van der Waals surface area contributed by atoms with E-state index in [0.717, 1.165) is 34.8 Å². The van der Waals surface area contributed by atoms with Crippen molar-refractivity contribution >= 4 is 17.2 Å². The highest BCUT2D eigenvalue weighted by atomic mass is 32.1. The average Bonchev–Trinajstić information content (AvgIpc) is 3.53. The minimum Gasteiger partial charge on any atom is -0.493 e. The van der Waals surface area contributed by atoms with E-state index in [1.165, 1.54) is 22.1 Å². The second kappa shape index (κ2) is 9.30. The summed E-state index contributed by atoms with van der Waals surface area (Å²) in [5.41, 5.74) is 2.45. The molecule has 1 saturated carbocycles. The van der Waals surface area contributed by atoms with Gasteiger partial charge in [-0.1, -0.05) is 0 Å². The van der Waals surface area contributed by atoms with Crippen molar-refractivity contribution in [3.63, 3.8) is 0 Å². The minimum atomic E-state index is -0.265. The third kappa shape index (κ3) is 5.11. The van der Waals surface area contributed by atoms with E-state index in [1.54, 1.807) is 20.3 Å². The fourth-order valence-electron chi connectivity index (χ4n) is 3.22. The Kier molecular flexibility index (Phi) is 6.31. The van der Waals surface area contributed by atoms with Gasteiger partial charge in [-0.3, -0.25) is 9.59 Å². The van der Waals surface area contributed by atoms with Gasteiger partial charge in [-0.05, 0) is 37.1 Å². The fraction of sp³-hybridized carbons (Fsp3) is 0.364. The first-order valence-corrected chi connectivity index (χ1v) is 11.0. The van der Waals surface area contributed by atoms with Crippen LogP contribution >= 0.6 is 11.3 Å². The van der Waals surface area contributed by atoms with E-state index in [-0.39, 0.29) is 18.0 Å². The molecule has 1 N–H and O–H groups in total. The number of rotatable bonds is 9. The van der Waals surface area contributed by atoms with Crippen molar-refractivity contribution in [1.82, 2.24) is 20.1 Å². The Bertz CT molecular complexity index is 1140. The maximum absolute atomic E-state index is 12.3. The molecule has 8 nitrogen and oxygen atoms in total. The molecule has 2 aromatic heterocycles. The zero-order valence-corrected chi connectivity index (χ0v) is 18.3. The Hall–Kier alpha value is -3.20. The van der Waals surface area contributed by atoms with Gasteiger partial charge in [0, 0.05) is 35.9 Å². The van der Waals surface area contributed by atoms with Crippen molar-refractivity contribution in [1.29, 1.82) is 0 Å². The molecular weight excluding hydrogens is 416 g/mol. The molecule has 1 aliphatic carbocycles. The van der Waals surface area contributed by atoms with E-state index >= 15 is 0 Å². The van der Waals surface area contributed by atoms with Gasteiger partial charge >= 0.3 is 0 Å². The Morgan fingerprint density at radius 1 is 1.19 bits per heavy atom. The molecule has 0 bridgehead atoms. The number of methoxy groups -OCH3 is 2. The zero-order valence-electron chi connectivity index (χ0n) is 17.5. The summed E-state index contributed by atoms with van der Waals surface area (Å²) < 4.78 is 11.9. The molecule has 0 saturated heterocycles. The Balaban J connectivity index is 1.32. The van der Waals surface area contributed by atoms with Crippen LogP contribution in [0.1, 0.15) is 30.1 Å². The quantitative estimate of drug-likeness (QED) is 0.550. The van der Waals surface area contributed by atoms with E-state index in [9.17, 15) is 9.59 Å². The van der Waals surface area contributed by atoms with Crippen LogP contribution in [0.2, 0.25) is 0 Å². The topological polar surface area (TPSA) is 95.3 Å². The number of aromatic nitrogens is 3. The number of carbonyl (C=O) groups is 1. The summed E-state index contributed by atoms with van der Waals surface area (Å²) in [4.78, 5) is 28.9. The average molecular weight is 441 g/mol. The Morgan fingerprint density at radius 2 is 2.00 bits per heavy atom. The molecule has 31 heavy (non-hydrogen) atoms. The Labute approximate surface area is 183 Å². The summed E-state index contributed by atoms with van der Waals surface area (Å²) in [7, 11) is 3.20. The lowest BCUT2D eigenvalue weighted by atomic mass is 10.2. The van der Waals surface area contributed by atoms with Crippen molar-refractivity contribution in [3.05, 3.63) is 57.5 Å². The monoisotopic (exact) mass is 440 g/mol. The molecule has 0 unspecified atom stereocenters. The molecule has 0 spiro atoms. The van der Waals surface area contributed by atoms with Crippen molar-refractivity contribution in [2.24, 2.45) is 0 Å². The summed E-state index contributed by atoms with van der Waals surface area (Å²) >= 11 is 1.53. The van der Waals surface area contributed by atoms with E-state index in [0.29, 0.717) is 30.4 Å². The van der Waals surface area contributed by atoms with Crippen molar-refractivity contribution in [3.8, 4) is 22.1 Å². The van der Waals surface area contributed by atoms with Crippen LogP contribution in [0.15, 0.2) is 40.5 Å². The van der Waals surface area contributed by atoms with Gasteiger partial charge in [-0.15, -0.1) is 11.3 Å². The van der Waals surface area contributed by atoms with Gasteiger partial charge in [0.2, 0.25) is 5.91 Å². The first-order valence-electron chi connectivity index (χ1n) is 10.1.